The van der Waals surface area contributed by atoms with E-state index in [1.807, 2.05) is 29.8 Å². The van der Waals surface area contributed by atoms with Crippen molar-refractivity contribution in [2.24, 2.45) is 0 Å². The van der Waals surface area contributed by atoms with Crippen LogP contribution in [-0.2, 0) is 0 Å². The molecule has 0 bridgehead atoms. The highest BCUT2D eigenvalue weighted by molar-refractivity contribution is 7.15. The lowest BCUT2D eigenvalue weighted by Gasteiger charge is -1.95. The largest absolute Gasteiger partial charge is 0.414 e. The van der Waals surface area contributed by atoms with Gasteiger partial charge in [0.05, 0.1) is 11.3 Å². The summed E-state index contributed by atoms with van der Waals surface area (Å²) in [5.41, 5.74) is 2.37. The molecular formula is C13H10N6OS. The van der Waals surface area contributed by atoms with E-state index < -0.39 is 0 Å². The van der Waals surface area contributed by atoms with Crippen molar-refractivity contribution < 1.29 is 4.42 Å². The number of imidazole rings is 1. The van der Waals surface area contributed by atoms with E-state index in [1.54, 1.807) is 23.7 Å². The molecule has 8 heteroatoms. The van der Waals surface area contributed by atoms with Gasteiger partial charge in [0.15, 0.2) is 4.96 Å². The van der Waals surface area contributed by atoms with Crippen LogP contribution in [0.3, 0.4) is 0 Å². The molecule has 0 N–H and O–H groups in total. The standard InChI is InChI=1S/C13H10N6OS/c1-7-10(19-3-4-21-13(19)16-7)12-18-17-11(20-12)9-5-14-8(2)15-6-9/h3-6H,1-2H3. The van der Waals surface area contributed by atoms with Crippen LogP contribution >= 0.6 is 11.3 Å². The van der Waals surface area contributed by atoms with Gasteiger partial charge in [-0.2, -0.15) is 0 Å². The predicted molar refractivity (Wildman–Crippen MR) is 76.9 cm³/mol. The van der Waals surface area contributed by atoms with Crippen molar-refractivity contribution in [3.05, 3.63) is 35.5 Å². The Labute approximate surface area is 123 Å². The first-order valence-corrected chi connectivity index (χ1v) is 7.15. The summed E-state index contributed by atoms with van der Waals surface area (Å²) >= 11 is 1.56. The highest BCUT2D eigenvalue weighted by Crippen LogP contribution is 2.28. The van der Waals surface area contributed by atoms with E-state index in [-0.39, 0.29) is 0 Å². The van der Waals surface area contributed by atoms with E-state index in [9.17, 15) is 0 Å². The van der Waals surface area contributed by atoms with Crippen molar-refractivity contribution in [3.8, 4) is 23.0 Å². The van der Waals surface area contributed by atoms with E-state index in [0.717, 1.165) is 16.3 Å². The molecule has 0 amide bonds. The summed E-state index contributed by atoms with van der Waals surface area (Å²) in [6.45, 7) is 3.75. The zero-order valence-corrected chi connectivity index (χ0v) is 12.1. The summed E-state index contributed by atoms with van der Waals surface area (Å²) in [5, 5.41) is 10.2. The van der Waals surface area contributed by atoms with Crippen LogP contribution in [0.5, 0.6) is 0 Å². The number of hydrogen-bond donors (Lipinski definition) is 0. The van der Waals surface area contributed by atoms with E-state index in [2.05, 4.69) is 25.1 Å². The number of nitrogens with zero attached hydrogens (tertiary/aromatic N) is 6. The van der Waals surface area contributed by atoms with Crippen LogP contribution in [0.15, 0.2) is 28.4 Å². The predicted octanol–water partition coefficient (Wildman–Crippen LogP) is 2.52. The fourth-order valence-corrected chi connectivity index (χ4v) is 2.85. The minimum atomic E-state index is 0.398. The molecule has 21 heavy (non-hydrogen) atoms. The third-order valence-electron chi connectivity index (χ3n) is 3.09. The molecule has 0 aliphatic carbocycles. The van der Waals surface area contributed by atoms with Crippen molar-refractivity contribution in [2.45, 2.75) is 13.8 Å². The van der Waals surface area contributed by atoms with Gasteiger partial charge in [-0.1, -0.05) is 0 Å². The normalized spacial score (nSPS) is 11.3. The molecule has 0 saturated heterocycles. The SMILES string of the molecule is Cc1ncc(-c2nnc(-c3c(C)nc4sccn34)o2)cn1. The first kappa shape index (κ1) is 12.2. The quantitative estimate of drug-likeness (QED) is 0.565. The number of fused-ring (bicyclic) bond motifs is 1. The number of aromatic nitrogens is 6. The van der Waals surface area contributed by atoms with Gasteiger partial charge in [0, 0.05) is 24.0 Å². The monoisotopic (exact) mass is 298 g/mol. The van der Waals surface area contributed by atoms with Crippen LogP contribution in [0, 0.1) is 13.8 Å². The van der Waals surface area contributed by atoms with Gasteiger partial charge in [-0.25, -0.2) is 15.0 Å². The van der Waals surface area contributed by atoms with E-state index in [1.165, 1.54) is 0 Å². The molecule has 4 heterocycles. The summed E-state index contributed by atoms with van der Waals surface area (Å²) in [4.78, 5) is 13.6. The molecular weight excluding hydrogens is 288 g/mol. The van der Waals surface area contributed by atoms with Gasteiger partial charge >= 0.3 is 0 Å². The molecule has 0 atom stereocenters. The zero-order valence-electron chi connectivity index (χ0n) is 11.3. The summed E-state index contributed by atoms with van der Waals surface area (Å²) in [6.07, 6.45) is 5.28. The molecule has 4 rings (SSSR count). The first-order valence-electron chi connectivity index (χ1n) is 6.27. The van der Waals surface area contributed by atoms with Gasteiger partial charge in [0.25, 0.3) is 11.8 Å². The van der Waals surface area contributed by atoms with Gasteiger partial charge in [0.1, 0.15) is 11.5 Å². The molecule has 0 aliphatic rings. The summed E-state index contributed by atoms with van der Waals surface area (Å²) in [7, 11) is 0. The van der Waals surface area contributed by atoms with Crippen molar-refractivity contribution in [1.82, 2.24) is 29.5 Å². The second-order valence-electron chi connectivity index (χ2n) is 4.53. The second kappa shape index (κ2) is 4.45. The summed E-state index contributed by atoms with van der Waals surface area (Å²) in [5.74, 6) is 1.54. The zero-order chi connectivity index (χ0) is 14.4. The molecule has 0 unspecified atom stereocenters. The van der Waals surface area contributed by atoms with Crippen molar-refractivity contribution in [3.63, 3.8) is 0 Å². The van der Waals surface area contributed by atoms with Crippen LogP contribution in [0.1, 0.15) is 11.5 Å². The minimum absolute atomic E-state index is 0.398. The lowest BCUT2D eigenvalue weighted by atomic mass is 10.3. The average molecular weight is 298 g/mol. The van der Waals surface area contributed by atoms with E-state index >= 15 is 0 Å². The van der Waals surface area contributed by atoms with Crippen molar-refractivity contribution in [1.29, 1.82) is 0 Å². The third kappa shape index (κ3) is 1.91. The number of hydrogen-bond acceptors (Lipinski definition) is 7. The van der Waals surface area contributed by atoms with Crippen LogP contribution in [-0.4, -0.2) is 29.5 Å². The molecule has 7 nitrogen and oxygen atoms in total. The molecule has 0 radical (unpaired) electrons. The van der Waals surface area contributed by atoms with Gasteiger partial charge in [0.2, 0.25) is 0 Å². The third-order valence-corrected chi connectivity index (χ3v) is 3.85. The first-order chi connectivity index (χ1) is 10.2. The Hall–Kier alpha value is -2.61. The fraction of sp³-hybridized carbons (Fsp3) is 0.154. The van der Waals surface area contributed by atoms with Crippen LogP contribution < -0.4 is 0 Å². The maximum Gasteiger partial charge on any atom is 0.266 e. The highest BCUT2D eigenvalue weighted by atomic mass is 32.1. The minimum Gasteiger partial charge on any atom is -0.414 e. The van der Waals surface area contributed by atoms with Crippen LogP contribution in [0.25, 0.3) is 28.0 Å². The maximum absolute atomic E-state index is 5.75. The average Bonchev–Trinajstić information content (AvgIpc) is 3.15. The number of thiazole rings is 1. The molecule has 0 spiro atoms. The lowest BCUT2D eigenvalue weighted by molar-refractivity contribution is 0.580. The lowest BCUT2D eigenvalue weighted by Crippen LogP contribution is -1.87. The second-order valence-corrected chi connectivity index (χ2v) is 5.41. The number of aryl methyl sites for hydroxylation is 2. The van der Waals surface area contributed by atoms with Crippen molar-refractivity contribution in [2.75, 3.05) is 0 Å². The summed E-state index contributed by atoms with van der Waals surface area (Å²) in [6, 6.07) is 0. The molecule has 4 aromatic rings. The smallest absolute Gasteiger partial charge is 0.266 e. The van der Waals surface area contributed by atoms with Crippen LogP contribution in [0.4, 0.5) is 0 Å². The summed E-state index contributed by atoms with van der Waals surface area (Å²) < 4.78 is 7.70. The molecule has 0 aromatic carbocycles. The molecule has 104 valence electrons. The van der Waals surface area contributed by atoms with Crippen molar-refractivity contribution >= 4 is 16.3 Å². The maximum atomic E-state index is 5.75. The molecule has 0 saturated carbocycles. The molecule has 0 fully saturated rings. The molecule has 4 aromatic heterocycles. The van der Waals surface area contributed by atoms with E-state index in [4.69, 9.17) is 4.42 Å². The fourth-order valence-electron chi connectivity index (χ4n) is 2.09. The number of rotatable bonds is 2. The van der Waals surface area contributed by atoms with Gasteiger partial charge in [-0.05, 0) is 13.8 Å². The highest BCUT2D eigenvalue weighted by Gasteiger charge is 2.18. The Kier molecular flexibility index (Phi) is 2.58. The topological polar surface area (TPSA) is 82.0 Å². The Balaban J connectivity index is 1.82. The van der Waals surface area contributed by atoms with E-state index in [0.29, 0.717) is 23.2 Å². The molecule has 0 aliphatic heterocycles. The van der Waals surface area contributed by atoms with Gasteiger partial charge < -0.3 is 4.42 Å². The Bertz CT molecular complexity index is 920. The van der Waals surface area contributed by atoms with Gasteiger partial charge in [-0.15, -0.1) is 21.5 Å². The Morgan fingerprint density at radius 2 is 1.86 bits per heavy atom. The Morgan fingerprint density at radius 3 is 2.67 bits per heavy atom. The van der Waals surface area contributed by atoms with Crippen LogP contribution in [0.2, 0.25) is 0 Å². The van der Waals surface area contributed by atoms with Gasteiger partial charge in [-0.3, -0.25) is 4.40 Å². The Morgan fingerprint density at radius 1 is 1.10 bits per heavy atom.